The number of nitrogens with zero attached hydrogens (tertiary/aromatic N) is 3. The highest BCUT2D eigenvalue weighted by molar-refractivity contribution is 6.16. The number of aromatic nitrogens is 2. The lowest BCUT2D eigenvalue weighted by Crippen LogP contribution is -2.23. The van der Waals surface area contributed by atoms with Crippen LogP contribution in [0.5, 0.6) is 0 Å². The number of hydrogen-bond donors (Lipinski definition) is 0. The smallest absolute Gasteiger partial charge is 0.125 e. The molecule has 0 bridgehead atoms. The van der Waals surface area contributed by atoms with Gasteiger partial charge in [-0.05, 0) is 45.6 Å². The predicted octanol–water partition coefficient (Wildman–Crippen LogP) is 3.21. The van der Waals surface area contributed by atoms with E-state index in [-0.39, 0.29) is 0 Å². The number of rotatable bonds is 4. The summed E-state index contributed by atoms with van der Waals surface area (Å²) in [7, 11) is 4.17. The summed E-state index contributed by atoms with van der Waals surface area (Å²) in [6.07, 6.45) is 0. The molecule has 0 amide bonds. The predicted molar refractivity (Wildman–Crippen MR) is 77.3 cm³/mol. The van der Waals surface area contributed by atoms with Crippen molar-refractivity contribution in [1.29, 1.82) is 0 Å². The van der Waals surface area contributed by atoms with Crippen LogP contribution < -0.4 is 0 Å². The van der Waals surface area contributed by atoms with E-state index in [1.807, 2.05) is 0 Å². The van der Waals surface area contributed by atoms with Crippen LogP contribution in [0.25, 0.3) is 11.0 Å². The van der Waals surface area contributed by atoms with E-state index in [4.69, 9.17) is 11.6 Å². The molecule has 0 aliphatic carbocycles. The Balaban J connectivity index is 2.54. The van der Waals surface area contributed by atoms with Gasteiger partial charge in [0.2, 0.25) is 0 Å². The lowest BCUT2D eigenvalue weighted by Gasteiger charge is -2.21. The lowest BCUT2D eigenvalue weighted by molar-refractivity contribution is 0.337. The van der Waals surface area contributed by atoms with Crippen molar-refractivity contribution < 1.29 is 0 Å². The van der Waals surface area contributed by atoms with Gasteiger partial charge in [-0.1, -0.05) is 6.07 Å². The highest BCUT2D eigenvalue weighted by atomic mass is 35.5. The normalized spacial score (nSPS) is 13.4. The summed E-state index contributed by atoms with van der Waals surface area (Å²) in [4.78, 5) is 6.80. The molecule has 0 aliphatic heterocycles. The van der Waals surface area contributed by atoms with Gasteiger partial charge in [0.05, 0.1) is 16.9 Å². The Kier molecular flexibility index (Phi) is 3.93. The molecule has 18 heavy (non-hydrogen) atoms. The largest absolute Gasteiger partial charge is 0.323 e. The molecule has 4 heteroatoms. The molecule has 0 fully saturated rings. The van der Waals surface area contributed by atoms with Crippen LogP contribution in [0.15, 0.2) is 18.2 Å². The molecule has 1 aromatic heterocycles. The van der Waals surface area contributed by atoms with Crippen molar-refractivity contribution in [3.63, 3.8) is 0 Å². The number of hydrogen-bond acceptors (Lipinski definition) is 2. The molecule has 2 rings (SSSR count). The Morgan fingerprint density at radius 2 is 2.11 bits per heavy atom. The second-order valence-corrected chi connectivity index (χ2v) is 5.40. The van der Waals surface area contributed by atoms with Crippen LogP contribution in [0.1, 0.15) is 24.4 Å². The van der Waals surface area contributed by atoms with E-state index in [9.17, 15) is 0 Å². The fourth-order valence-corrected chi connectivity index (χ4v) is 2.64. The maximum atomic E-state index is 6.03. The summed E-state index contributed by atoms with van der Waals surface area (Å²) in [5, 5.41) is 0. The molecule has 0 saturated heterocycles. The van der Waals surface area contributed by atoms with Crippen LogP contribution in [0.3, 0.4) is 0 Å². The van der Waals surface area contributed by atoms with E-state index in [1.54, 1.807) is 0 Å². The number of fused-ring (bicyclic) bond motifs is 1. The summed E-state index contributed by atoms with van der Waals surface area (Å²) in [6, 6.07) is 6.71. The lowest BCUT2D eigenvalue weighted by atomic mass is 10.2. The van der Waals surface area contributed by atoms with Crippen LogP contribution in [0.2, 0.25) is 0 Å². The van der Waals surface area contributed by atoms with Crippen LogP contribution in [0.4, 0.5) is 0 Å². The van der Waals surface area contributed by atoms with Crippen molar-refractivity contribution in [3.05, 3.63) is 29.6 Å². The highest BCUT2D eigenvalue weighted by Gasteiger charge is 2.15. The quantitative estimate of drug-likeness (QED) is 0.792. The fraction of sp³-hybridized carbons (Fsp3) is 0.500. The van der Waals surface area contributed by atoms with Crippen molar-refractivity contribution in [2.24, 2.45) is 0 Å². The molecule has 0 saturated carbocycles. The summed E-state index contributed by atoms with van der Waals surface area (Å²) in [6.45, 7) is 5.29. The zero-order valence-corrected chi connectivity index (χ0v) is 12.2. The molecule has 1 aromatic carbocycles. The SMILES string of the molecule is Cc1ccc2nc(CCl)n(C(C)CN(C)C)c2c1. The van der Waals surface area contributed by atoms with E-state index in [2.05, 4.69) is 60.6 Å². The van der Waals surface area contributed by atoms with Gasteiger partial charge in [-0.2, -0.15) is 0 Å². The molecular formula is C14H20ClN3. The van der Waals surface area contributed by atoms with E-state index in [0.717, 1.165) is 17.9 Å². The Morgan fingerprint density at radius 3 is 2.72 bits per heavy atom. The number of imidazole rings is 1. The molecule has 0 aliphatic rings. The monoisotopic (exact) mass is 265 g/mol. The Labute approximate surface area is 113 Å². The number of likely N-dealkylation sites (N-methyl/N-ethyl adjacent to an activating group) is 1. The van der Waals surface area contributed by atoms with E-state index in [1.165, 1.54) is 11.1 Å². The number of halogens is 1. The fourth-order valence-electron chi connectivity index (χ4n) is 2.45. The van der Waals surface area contributed by atoms with Crippen molar-refractivity contribution in [2.75, 3.05) is 20.6 Å². The standard InChI is InChI=1S/C14H20ClN3/c1-10-5-6-12-13(7-10)18(14(8-15)16-12)11(2)9-17(3)4/h5-7,11H,8-9H2,1-4H3. The van der Waals surface area contributed by atoms with Gasteiger partial charge in [0.15, 0.2) is 0 Å². The minimum atomic E-state index is 0.362. The van der Waals surface area contributed by atoms with E-state index >= 15 is 0 Å². The zero-order chi connectivity index (χ0) is 13.3. The van der Waals surface area contributed by atoms with Gasteiger partial charge in [-0.15, -0.1) is 11.6 Å². The van der Waals surface area contributed by atoms with Crippen LogP contribution in [0, 0.1) is 6.92 Å². The third kappa shape index (κ3) is 2.52. The maximum Gasteiger partial charge on any atom is 0.125 e. The van der Waals surface area contributed by atoms with E-state index < -0.39 is 0 Å². The topological polar surface area (TPSA) is 21.1 Å². The molecule has 2 aromatic rings. The highest BCUT2D eigenvalue weighted by Crippen LogP contribution is 2.23. The molecular weight excluding hydrogens is 246 g/mol. The molecule has 98 valence electrons. The van der Waals surface area contributed by atoms with Gasteiger partial charge in [0.25, 0.3) is 0 Å². The van der Waals surface area contributed by atoms with Crippen molar-refractivity contribution in [2.45, 2.75) is 25.8 Å². The van der Waals surface area contributed by atoms with Crippen LogP contribution >= 0.6 is 11.6 Å². The first kappa shape index (κ1) is 13.4. The molecule has 3 nitrogen and oxygen atoms in total. The van der Waals surface area contributed by atoms with Gasteiger partial charge in [-0.25, -0.2) is 4.98 Å². The van der Waals surface area contributed by atoms with Crippen LogP contribution in [-0.4, -0.2) is 35.1 Å². The minimum Gasteiger partial charge on any atom is -0.323 e. The average molecular weight is 266 g/mol. The average Bonchev–Trinajstić information content (AvgIpc) is 2.65. The van der Waals surface area contributed by atoms with Crippen molar-refractivity contribution >= 4 is 22.6 Å². The van der Waals surface area contributed by atoms with Gasteiger partial charge in [0.1, 0.15) is 5.82 Å². The van der Waals surface area contributed by atoms with Gasteiger partial charge in [-0.3, -0.25) is 0 Å². The maximum absolute atomic E-state index is 6.03. The molecule has 0 N–H and O–H groups in total. The Morgan fingerprint density at radius 1 is 1.39 bits per heavy atom. The number of aryl methyl sites for hydroxylation is 1. The summed E-state index contributed by atoms with van der Waals surface area (Å²) < 4.78 is 2.26. The van der Waals surface area contributed by atoms with Gasteiger partial charge in [0, 0.05) is 12.6 Å². The first-order chi connectivity index (χ1) is 8.52. The Bertz CT molecular complexity index is 545. The number of benzene rings is 1. The number of alkyl halides is 1. The first-order valence-electron chi connectivity index (χ1n) is 6.21. The molecule has 0 radical (unpaired) electrons. The second-order valence-electron chi connectivity index (χ2n) is 5.14. The van der Waals surface area contributed by atoms with Crippen LogP contribution in [-0.2, 0) is 5.88 Å². The Hall–Kier alpha value is -1.06. The minimum absolute atomic E-state index is 0.362. The molecule has 1 heterocycles. The van der Waals surface area contributed by atoms with Crippen molar-refractivity contribution in [3.8, 4) is 0 Å². The molecule has 1 atom stereocenters. The second kappa shape index (κ2) is 5.29. The van der Waals surface area contributed by atoms with Gasteiger partial charge >= 0.3 is 0 Å². The third-order valence-electron chi connectivity index (χ3n) is 3.11. The third-order valence-corrected chi connectivity index (χ3v) is 3.35. The van der Waals surface area contributed by atoms with Crippen molar-refractivity contribution in [1.82, 2.24) is 14.5 Å². The van der Waals surface area contributed by atoms with E-state index in [0.29, 0.717) is 11.9 Å². The van der Waals surface area contributed by atoms with Gasteiger partial charge < -0.3 is 9.47 Å². The zero-order valence-electron chi connectivity index (χ0n) is 11.4. The molecule has 1 unspecified atom stereocenters. The molecule has 0 spiro atoms. The first-order valence-corrected chi connectivity index (χ1v) is 6.74. The summed E-state index contributed by atoms with van der Waals surface area (Å²) in [5.41, 5.74) is 3.46. The summed E-state index contributed by atoms with van der Waals surface area (Å²) in [5.74, 6) is 1.40. The summed E-state index contributed by atoms with van der Waals surface area (Å²) >= 11 is 6.03.